The quantitative estimate of drug-likeness (QED) is 0.733. The van der Waals surface area contributed by atoms with Gasteiger partial charge < -0.3 is 9.30 Å². The Morgan fingerprint density at radius 1 is 1.17 bits per heavy atom. The largest absolute Gasteiger partial charge is 0.370 e. The zero-order valence-electron chi connectivity index (χ0n) is 13.4. The van der Waals surface area contributed by atoms with Gasteiger partial charge in [-0.2, -0.15) is 0 Å². The van der Waals surface area contributed by atoms with Gasteiger partial charge in [0.1, 0.15) is 17.4 Å². The van der Waals surface area contributed by atoms with Crippen LogP contribution in [0.25, 0.3) is 11.2 Å². The molecule has 3 heterocycles. The highest BCUT2D eigenvalue weighted by atomic mass is 16.5. The molecule has 2 aromatic heterocycles. The second kappa shape index (κ2) is 6.13. The minimum atomic E-state index is 0.0865. The summed E-state index contributed by atoms with van der Waals surface area (Å²) < 4.78 is 8.20. The number of imidazole rings is 1. The summed E-state index contributed by atoms with van der Waals surface area (Å²) in [6.07, 6.45) is 5.31. The van der Waals surface area contributed by atoms with Gasteiger partial charge in [0.15, 0.2) is 5.65 Å². The van der Waals surface area contributed by atoms with E-state index < -0.39 is 0 Å². The third kappa shape index (κ3) is 2.86. The van der Waals surface area contributed by atoms with Crippen LogP contribution in [-0.2, 0) is 11.3 Å². The van der Waals surface area contributed by atoms with Crippen LogP contribution in [0, 0.1) is 6.92 Å². The fourth-order valence-corrected chi connectivity index (χ4v) is 3.20. The molecule has 0 N–H and O–H groups in total. The Labute approximate surface area is 136 Å². The minimum Gasteiger partial charge on any atom is -0.370 e. The van der Waals surface area contributed by atoms with Gasteiger partial charge in [-0.3, -0.25) is 0 Å². The summed E-state index contributed by atoms with van der Waals surface area (Å²) in [5.41, 5.74) is 4.43. The standard InChI is InChI=1S/C19H21N3O/c1-14-7-9-15(10-8-14)13-22-18-16(5-4-11-20-18)21-19(22)17-6-2-3-12-23-17/h4-5,7-11,17H,2-3,6,12-13H2,1H3. The highest BCUT2D eigenvalue weighted by molar-refractivity contribution is 5.71. The molecule has 0 saturated carbocycles. The lowest BCUT2D eigenvalue weighted by Gasteiger charge is -2.23. The van der Waals surface area contributed by atoms with Crippen LogP contribution in [0.1, 0.15) is 42.3 Å². The molecule has 4 rings (SSSR count). The molecule has 0 amide bonds. The number of ether oxygens (including phenoxy) is 1. The molecule has 1 saturated heterocycles. The van der Waals surface area contributed by atoms with Crippen molar-refractivity contribution in [1.29, 1.82) is 0 Å². The summed E-state index contributed by atoms with van der Waals surface area (Å²) in [6.45, 7) is 3.72. The Kier molecular flexibility index (Phi) is 3.83. The van der Waals surface area contributed by atoms with Crippen molar-refractivity contribution in [2.24, 2.45) is 0 Å². The molecule has 118 valence electrons. The first-order chi connectivity index (χ1) is 11.3. The van der Waals surface area contributed by atoms with Crippen LogP contribution in [0.4, 0.5) is 0 Å². The van der Waals surface area contributed by atoms with Gasteiger partial charge in [-0.25, -0.2) is 9.97 Å². The van der Waals surface area contributed by atoms with Crippen molar-refractivity contribution in [1.82, 2.24) is 14.5 Å². The number of aryl methyl sites for hydroxylation is 1. The molecular formula is C19H21N3O. The fourth-order valence-electron chi connectivity index (χ4n) is 3.20. The first-order valence-corrected chi connectivity index (χ1v) is 8.29. The zero-order valence-corrected chi connectivity index (χ0v) is 13.4. The number of rotatable bonds is 3. The van der Waals surface area contributed by atoms with E-state index in [4.69, 9.17) is 9.72 Å². The molecule has 23 heavy (non-hydrogen) atoms. The molecule has 1 aliphatic heterocycles. The number of hydrogen-bond donors (Lipinski definition) is 0. The van der Waals surface area contributed by atoms with Gasteiger partial charge in [-0.1, -0.05) is 29.8 Å². The number of benzene rings is 1. The molecule has 1 aromatic carbocycles. The Morgan fingerprint density at radius 3 is 2.83 bits per heavy atom. The summed E-state index contributed by atoms with van der Waals surface area (Å²) in [6, 6.07) is 12.6. The van der Waals surface area contributed by atoms with Crippen LogP contribution in [0.15, 0.2) is 42.6 Å². The highest BCUT2D eigenvalue weighted by Gasteiger charge is 2.23. The first-order valence-electron chi connectivity index (χ1n) is 8.29. The van der Waals surface area contributed by atoms with E-state index in [0.717, 1.165) is 43.0 Å². The topological polar surface area (TPSA) is 39.9 Å². The molecule has 4 heteroatoms. The van der Waals surface area contributed by atoms with Gasteiger partial charge in [0, 0.05) is 12.8 Å². The zero-order chi connectivity index (χ0) is 15.6. The van der Waals surface area contributed by atoms with Crippen molar-refractivity contribution >= 4 is 11.2 Å². The summed E-state index contributed by atoms with van der Waals surface area (Å²) in [4.78, 5) is 9.38. The Hall–Kier alpha value is -2.20. The van der Waals surface area contributed by atoms with E-state index in [0.29, 0.717) is 0 Å². The molecule has 0 spiro atoms. The van der Waals surface area contributed by atoms with Gasteiger partial charge in [-0.15, -0.1) is 0 Å². The Morgan fingerprint density at radius 2 is 2.04 bits per heavy atom. The molecule has 1 atom stereocenters. The van der Waals surface area contributed by atoms with Gasteiger partial charge in [0.05, 0.1) is 6.54 Å². The minimum absolute atomic E-state index is 0.0865. The van der Waals surface area contributed by atoms with Gasteiger partial charge >= 0.3 is 0 Å². The van der Waals surface area contributed by atoms with Crippen LogP contribution < -0.4 is 0 Å². The third-order valence-corrected chi connectivity index (χ3v) is 4.46. The van der Waals surface area contributed by atoms with Gasteiger partial charge in [0.25, 0.3) is 0 Å². The SMILES string of the molecule is Cc1ccc(Cn2c(C3CCCCO3)nc3cccnc32)cc1. The van der Waals surface area contributed by atoms with Crippen molar-refractivity contribution in [2.45, 2.75) is 38.8 Å². The van der Waals surface area contributed by atoms with Crippen molar-refractivity contribution in [3.63, 3.8) is 0 Å². The second-order valence-corrected chi connectivity index (χ2v) is 6.24. The van der Waals surface area contributed by atoms with Crippen LogP contribution in [0.3, 0.4) is 0 Å². The van der Waals surface area contributed by atoms with E-state index in [9.17, 15) is 0 Å². The van der Waals surface area contributed by atoms with E-state index in [1.807, 2.05) is 18.3 Å². The highest BCUT2D eigenvalue weighted by Crippen LogP contribution is 2.30. The lowest BCUT2D eigenvalue weighted by molar-refractivity contribution is 0.00783. The summed E-state index contributed by atoms with van der Waals surface area (Å²) >= 11 is 0. The lowest BCUT2D eigenvalue weighted by Crippen LogP contribution is -2.17. The van der Waals surface area contributed by atoms with Crippen molar-refractivity contribution in [3.8, 4) is 0 Å². The number of hydrogen-bond acceptors (Lipinski definition) is 3. The Balaban J connectivity index is 1.77. The Bertz CT molecular complexity index is 801. The molecule has 0 aliphatic carbocycles. The maximum atomic E-state index is 5.98. The molecule has 0 radical (unpaired) electrons. The monoisotopic (exact) mass is 307 g/mol. The molecule has 4 nitrogen and oxygen atoms in total. The molecular weight excluding hydrogens is 286 g/mol. The maximum absolute atomic E-state index is 5.98. The van der Waals surface area contributed by atoms with Crippen LogP contribution >= 0.6 is 0 Å². The molecule has 0 bridgehead atoms. The smallest absolute Gasteiger partial charge is 0.160 e. The summed E-state index contributed by atoms with van der Waals surface area (Å²) in [5.74, 6) is 1.01. The average Bonchev–Trinajstić information content (AvgIpc) is 2.96. The van der Waals surface area contributed by atoms with E-state index in [1.54, 1.807) is 0 Å². The van der Waals surface area contributed by atoms with Crippen molar-refractivity contribution in [2.75, 3.05) is 6.61 Å². The van der Waals surface area contributed by atoms with E-state index in [2.05, 4.69) is 40.7 Å². The fraction of sp³-hybridized carbons (Fsp3) is 0.368. The van der Waals surface area contributed by atoms with Crippen molar-refractivity contribution < 1.29 is 4.74 Å². The van der Waals surface area contributed by atoms with E-state index >= 15 is 0 Å². The predicted octanol–water partition coefficient (Wildman–Crippen LogP) is 4.03. The molecule has 1 unspecified atom stereocenters. The number of fused-ring (bicyclic) bond motifs is 1. The third-order valence-electron chi connectivity index (χ3n) is 4.46. The van der Waals surface area contributed by atoms with E-state index in [-0.39, 0.29) is 6.10 Å². The number of nitrogens with zero attached hydrogens (tertiary/aromatic N) is 3. The van der Waals surface area contributed by atoms with Crippen molar-refractivity contribution in [3.05, 3.63) is 59.5 Å². The van der Waals surface area contributed by atoms with Gasteiger partial charge in [0.2, 0.25) is 0 Å². The van der Waals surface area contributed by atoms with Crippen LogP contribution in [0.5, 0.6) is 0 Å². The maximum Gasteiger partial charge on any atom is 0.160 e. The van der Waals surface area contributed by atoms with Crippen LogP contribution in [0.2, 0.25) is 0 Å². The summed E-state index contributed by atoms with van der Waals surface area (Å²) in [7, 11) is 0. The molecule has 3 aromatic rings. The number of aromatic nitrogens is 3. The molecule has 1 fully saturated rings. The predicted molar refractivity (Wildman–Crippen MR) is 90.4 cm³/mol. The average molecular weight is 307 g/mol. The number of pyridine rings is 1. The van der Waals surface area contributed by atoms with Gasteiger partial charge in [-0.05, 0) is 43.9 Å². The van der Waals surface area contributed by atoms with Crippen LogP contribution in [-0.4, -0.2) is 21.1 Å². The first kappa shape index (κ1) is 14.4. The lowest BCUT2D eigenvalue weighted by atomic mass is 10.1. The normalized spacial score (nSPS) is 18.4. The van der Waals surface area contributed by atoms with E-state index in [1.165, 1.54) is 17.5 Å². The second-order valence-electron chi connectivity index (χ2n) is 6.24. The summed E-state index contributed by atoms with van der Waals surface area (Å²) in [5, 5.41) is 0. The molecule has 1 aliphatic rings.